The maximum absolute atomic E-state index is 12.6. The van der Waals surface area contributed by atoms with Crippen LogP contribution in [0.15, 0.2) is 0 Å². The van der Waals surface area contributed by atoms with Crippen LogP contribution < -0.4 is 0 Å². The molecule has 21 heavy (non-hydrogen) atoms. The van der Waals surface area contributed by atoms with Gasteiger partial charge in [-0.1, -0.05) is 12.8 Å². The highest BCUT2D eigenvalue weighted by Gasteiger charge is 2.45. The van der Waals surface area contributed by atoms with Gasteiger partial charge in [-0.3, -0.25) is 0 Å². The molecule has 3 atom stereocenters. The second kappa shape index (κ2) is 5.48. The third-order valence-electron chi connectivity index (χ3n) is 5.48. The molecule has 2 amide bonds. The maximum atomic E-state index is 12.6. The van der Waals surface area contributed by atoms with Crippen molar-refractivity contribution < 1.29 is 19.8 Å². The lowest BCUT2D eigenvalue weighted by atomic mass is 9.71. The normalized spacial score (nSPS) is 36.4. The number of aliphatic hydroxyl groups is 1. The number of fused-ring (bicyclic) bond motifs is 1. The first-order valence-electron chi connectivity index (χ1n) is 8.02. The molecule has 0 aromatic rings. The first-order chi connectivity index (χ1) is 10.0. The van der Waals surface area contributed by atoms with Crippen molar-refractivity contribution in [2.24, 2.45) is 5.92 Å². The van der Waals surface area contributed by atoms with E-state index in [9.17, 15) is 19.8 Å². The number of carboxylic acids is 1. The molecule has 2 heterocycles. The fourth-order valence-electron chi connectivity index (χ4n) is 4.18. The smallest absolute Gasteiger partial charge is 0.326 e. The number of nitrogens with zero attached hydrogens (tertiary/aromatic N) is 2. The van der Waals surface area contributed by atoms with Gasteiger partial charge in [0, 0.05) is 25.6 Å². The Morgan fingerprint density at radius 1 is 1.05 bits per heavy atom. The average Bonchev–Trinajstić information content (AvgIpc) is 2.95. The van der Waals surface area contributed by atoms with Crippen molar-refractivity contribution in [1.29, 1.82) is 0 Å². The number of piperidine rings is 1. The fourth-order valence-corrected chi connectivity index (χ4v) is 4.18. The van der Waals surface area contributed by atoms with E-state index < -0.39 is 17.6 Å². The molecule has 118 valence electrons. The van der Waals surface area contributed by atoms with Gasteiger partial charge in [0.05, 0.1) is 5.60 Å². The van der Waals surface area contributed by atoms with Crippen molar-refractivity contribution >= 4 is 12.0 Å². The lowest BCUT2D eigenvalue weighted by Crippen LogP contribution is -2.58. The van der Waals surface area contributed by atoms with Gasteiger partial charge in [-0.2, -0.15) is 0 Å². The number of amides is 2. The molecular weight excluding hydrogens is 272 g/mol. The van der Waals surface area contributed by atoms with E-state index in [2.05, 4.69) is 0 Å². The number of hydrogen-bond donors (Lipinski definition) is 2. The molecule has 0 spiro atoms. The fraction of sp³-hybridized carbons (Fsp3) is 0.867. The SMILES string of the molecule is O=C(O)[C@H]1CCCN1C(=O)N1CCC2(O)CCCCC2C1. The average molecular weight is 296 g/mol. The minimum atomic E-state index is -0.910. The molecule has 6 heteroatoms. The summed E-state index contributed by atoms with van der Waals surface area (Å²) in [6.45, 7) is 1.63. The topological polar surface area (TPSA) is 81.1 Å². The molecule has 3 rings (SSSR count). The number of carboxylic acid groups (broad SMARTS) is 1. The van der Waals surface area contributed by atoms with E-state index in [0.29, 0.717) is 32.5 Å². The van der Waals surface area contributed by atoms with Crippen LogP contribution >= 0.6 is 0 Å². The van der Waals surface area contributed by atoms with E-state index in [4.69, 9.17) is 0 Å². The molecule has 0 aromatic heterocycles. The molecule has 2 aliphatic heterocycles. The predicted molar refractivity (Wildman–Crippen MR) is 75.9 cm³/mol. The Morgan fingerprint density at radius 3 is 2.62 bits per heavy atom. The van der Waals surface area contributed by atoms with Gasteiger partial charge >= 0.3 is 12.0 Å². The van der Waals surface area contributed by atoms with Crippen molar-refractivity contribution in [3.05, 3.63) is 0 Å². The van der Waals surface area contributed by atoms with Gasteiger partial charge in [0.2, 0.25) is 0 Å². The molecule has 3 aliphatic rings. The van der Waals surface area contributed by atoms with E-state index in [1.165, 1.54) is 4.90 Å². The van der Waals surface area contributed by atoms with Gasteiger partial charge in [0.1, 0.15) is 6.04 Å². The number of carbonyl (C=O) groups is 2. The summed E-state index contributed by atoms with van der Waals surface area (Å²) in [5.74, 6) is -0.762. The quantitative estimate of drug-likeness (QED) is 0.764. The number of rotatable bonds is 1. The van der Waals surface area contributed by atoms with E-state index in [-0.39, 0.29) is 11.9 Å². The lowest BCUT2D eigenvalue weighted by Gasteiger charge is -2.48. The Labute approximate surface area is 124 Å². The van der Waals surface area contributed by atoms with Crippen molar-refractivity contribution in [1.82, 2.24) is 9.80 Å². The summed E-state index contributed by atoms with van der Waals surface area (Å²) in [4.78, 5) is 27.1. The Balaban J connectivity index is 1.67. The van der Waals surface area contributed by atoms with Gasteiger partial charge in [-0.25, -0.2) is 9.59 Å². The molecule has 6 nitrogen and oxygen atoms in total. The number of aliphatic carboxylic acids is 1. The van der Waals surface area contributed by atoms with Crippen LogP contribution in [0.2, 0.25) is 0 Å². The highest BCUT2D eigenvalue weighted by molar-refractivity contribution is 5.83. The van der Waals surface area contributed by atoms with Crippen molar-refractivity contribution in [2.45, 2.75) is 56.6 Å². The summed E-state index contributed by atoms with van der Waals surface area (Å²) in [6.07, 6.45) is 5.88. The third-order valence-corrected chi connectivity index (χ3v) is 5.48. The highest BCUT2D eigenvalue weighted by Crippen LogP contribution is 2.40. The van der Waals surface area contributed by atoms with E-state index in [1.807, 2.05) is 0 Å². The van der Waals surface area contributed by atoms with E-state index in [1.54, 1.807) is 4.90 Å². The van der Waals surface area contributed by atoms with E-state index in [0.717, 1.165) is 32.1 Å². The molecule has 3 fully saturated rings. The van der Waals surface area contributed by atoms with Gasteiger partial charge in [-0.05, 0) is 32.1 Å². The van der Waals surface area contributed by atoms with Gasteiger partial charge < -0.3 is 20.0 Å². The second-order valence-corrected chi connectivity index (χ2v) is 6.71. The summed E-state index contributed by atoms with van der Waals surface area (Å²) in [6, 6.07) is -0.836. The minimum absolute atomic E-state index is 0.148. The van der Waals surface area contributed by atoms with Crippen LogP contribution in [-0.4, -0.2) is 63.3 Å². The molecule has 2 N–H and O–H groups in total. The van der Waals surface area contributed by atoms with Crippen LogP contribution in [0.3, 0.4) is 0 Å². The standard InChI is InChI=1S/C15H24N2O4/c18-13(19)12-5-3-8-17(12)14(20)16-9-7-15(21)6-2-1-4-11(15)10-16/h11-12,21H,1-10H2,(H,18,19)/t11?,12-,15?/m1/s1. The van der Waals surface area contributed by atoms with E-state index >= 15 is 0 Å². The summed E-state index contributed by atoms with van der Waals surface area (Å²) < 4.78 is 0. The minimum Gasteiger partial charge on any atom is -0.480 e. The summed E-state index contributed by atoms with van der Waals surface area (Å²) >= 11 is 0. The first-order valence-corrected chi connectivity index (χ1v) is 8.02. The second-order valence-electron chi connectivity index (χ2n) is 6.71. The van der Waals surface area contributed by atoms with Gasteiger partial charge in [0.25, 0.3) is 0 Å². The zero-order valence-corrected chi connectivity index (χ0v) is 12.3. The summed E-state index contributed by atoms with van der Waals surface area (Å²) in [7, 11) is 0. The van der Waals surface area contributed by atoms with Crippen LogP contribution in [0, 0.1) is 5.92 Å². The van der Waals surface area contributed by atoms with Crippen molar-refractivity contribution in [3.63, 3.8) is 0 Å². The first kappa shape index (κ1) is 14.6. The molecule has 1 aliphatic carbocycles. The number of hydrogen-bond acceptors (Lipinski definition) is 3. The van der Waals surface area contributed by atoms with Gasteiger partial charge in [-0.15, -0.1) is 0 Å². The van der Waals surface area contributed by atoms with Crippen LogP contribution in [0.4, 0.5) is 4.79 Å². The number of carbonyl (C=O) groups excluding carboxylic acids is 1. The van der Waals surface area contributed by atoms with Crippen molar-refractivity contribution in [3.8, 4) is 0 Å². The summed E-state index contributed by atoms with van der Waals surface area (Å²) in [5.41, 5.74) is -0.605. The molecule has 1 saturated carbocycles. The maximum Gasteiger partial charge on any atom is 0.326 e. The zero-order chi connectivity index (χ0) is 15.0. The van der Waals surface area contributed by atoms with Crippen LogP contribution in [0.1, 0.15) is 44.9 Å². The molecule has 0 radical (unpaired) electrons. The molecule has 0 aromatic carbocycles. The van der Waals surface area contributed by atoms with Crippen LogP contribution in [-0.2, 0) is 4.79 Å². The monoisotopic (exact) mass is 296 g/mol. The van der Waals surface area contributed by atoms with Gasteiger partial charge in [0.15, 0.2) is 0 Å². The lowest BCUT2D eigenvalue weighted by molar-refractivity contribution is -0.141. The zero-order valence-electron chi connectivity index (χ0n) is 12.3. The predicted octanol–water partition coefficient (Wildman–Crippen LogP) is 1.28. The van der Waals surface area contributed by atoms with Crippen LogP contribution in [0.5, 0.6) is 0 Å². The largest absolute Gasteiger partial charge is 0.480 e. The van der Waals surface area contributed by atoms with Crippen molar-refractivity contribution in [2.75, 3.05) is 19.6 Å². The molecule has 2 saturated heterocycles. The molecule has 2 unspecified atom stereocenters. The highest BCUT2D eigenvalue weighted by atomic mass is 16.4. The number of likely N-dealkylation sites (tertiary alicyclic amines) is 2. The summed E-state index contributed by atoms with van der Waals surface area (Å²) in [5, 5.41) is 19.9. The Hall–Kier alpha value is -1.30. The Kier molecular flexibility index (Phi) is 3.82. The molecular formula is C15H24N2O4. The Bertz CT molecular complexity index is 441. The number of urea groups is 1. The molecule has 0 bridgehead atoms. The third kappa shape index (κ3) is 2.61. The Morgan fingerprint density at radius 2 is 1.86 bits per heavy atom. The van der Waals surface area contributed by atoms with Crippen LogP contribution in [0.25, 0.3) is 0 Å².